The molecule has 2 rings (SSSR count). The summed E-state index contributed by atoms with van der Waals surface area (Å²) in [5, 5.41) is 9.69. The Labute approximate surface area is 123 Å². The molecule has 0 spiro atoms. The third-order valence-corrected chi connectivity index (χ3v) is 2.78. The zero-order chi connectivity index (χ0) is 15.1. The number of ether oxygens (including phenoxy) is 1. The molecule has 3 nitrogen and oxygen atoms in total. The summed E-state index contributed by atoms with van der Waals surface area (Å²) < 4.78 is 5.03. The molecule has 104 valence electrons. The molecule has 0 atom stereocenters. The molecule has 0 radical (unpaired) electrons. The summed E-state index contributed by atoms with van der Waals surface area (Å²) in [5.41, 5.74) is 1.06. The highest BCUT2D eigenvalue weighted by Crippen LogP contribution is 2.23. The maximum Gasteiger partial charge on any atom is 0.190 e. The molecule has 0 unspecified atom stereocenters. The second-order valence-corrected chi connectivity index (χ2v) is 4.22. The van der Waals surface area contributed by atoms with E-state index < -0.39 is 0 Å². The van der Waals surface area contributed by atoms with Crippen molar-refractivity contribution in [1.82, 2.24) is 0 Å². The van der Waals surface area contributed by atoms with Crippen LogP contribution in [-0.4, -0.2) is 18.0 Å². The molecule has 0 fully saturated rings. The van der Waals surface area contributed by atoms with Crippen LogP contribution in [0.2, 0.25) is 0 Å². The van der Waals surface area contributed by atoms with Gasteiger partial charge in [-0.15, -0.1) is 0 Å². The highest BCUT2D eigenvalue weighted by molar-refractivity contribution is 6.06. The van der Waals surface area contributed by atoms with E-state index in [0.717, 1.165) is 5.56 Å². The Hall–Kier alpha value is -2.99. The monoisotopic (exact) mass is 278 g/mol. The fourth-order valence-electron chi connectivity index (χ4n) is 1.69. The van der Waals surface area contributed by atoms with Crippen LogP contribution in [0, 0.1) is 11.8 Å². The number of hydrogen-bond donors (Lipinski definition) is 1. The standard InChI is InChI=1S/C18H14O3/c1-21-15-11-12-18(20)16(13-15)17(19)10-6-5-9-14-7-3-2-4-8-14/h2-4,6-8,10-13,20H,1H3/b10-6+. The van der Waals surface area contributed by atoms with Crippen LogP contribution >= 0.6 is 0 Å². The van der Waals surface area contributed by atoms with E-state index in [1.807, 2.05) is 30.3 Å². The highest BCUT2D eigenvalue weighted by Gasteiger charge is 2.09. The number of aromatic hydroxyl groups is 1. The predicted molar refractivity (Wildman–Crippen MR) is 81.4 cm³/mol. The van der Waals surface area contributed by atoms with Crippen molar-refractivity contribution >= 4 is 5.78 Å². The van der Waals surface area contributed by atoms with E-state index >= 15 is 0 Å². The van der Waals surface area contributed by atoms with Gasteiger partial charge in [-0.1, -0.05) is 30.0 Å². The Balaban J connectivity index is 2.12. The van der Waals surface area contributed by atoms with Gasteiger partial charge >= 0.3 is 0 Å². The van der Waals surface area contributed by atoms with E-state index in [0.29, 0.717) is 5.75 Å². The first-order valence-electron chi connectivity index (χ1n) is 6.35. The lowest BCUT2D eigenvalue weighted by Gasteiger charge is -2.03. The molecule has 0 heterocycles. The Kier molecular flexibility index (Phi) is 4.79. The van der Waals surface area contributed by atoms with Crippen molar-refractivity contribution in [3.63, 3.8) is 0 Å². The van der Waals surface area contributed by atoms with E-state index in [1.54, 1.807) is 6.07 Å². The van der Waals surface area contributed by atoms with Gasteiger partial charge in [0.05, 0.1) is 12.7 Å². The zero-order valence-electron chi connectivity index (χ0n) is 11.5. The van der Waals surface area contributed by atoms with Crippen molar-refractivity contribution in [1.29, 1.82) is 0 Å². The molecule has 0 saturated carbocycles. The number of ketones is 1. The Morgan fingerprint density at radius 3 is 2.67 bits per heavy atom. The number of hydrogen-bond acceptors (Lipinski definition) is 3. The maximum absolute atomic E-state index is 12.0. The van der Waals surface area contributed by atoms with Crippen molar-refractivity contribution in [2.45, 2.75) is 0 Å². The van der Waals surface area contributed by atoms with Crippen molar-refractivity contribution in [2.24, 2.45) is 0 Å². The summed E-state index contributed by atoms with van der Waals surface area (Å²) in [4.78, 5) is 12.0. The van der Waals surface area contributed by atoms with Crippen molar-refractivity contribution in [3.8, 4) is 23.3 Å². The third-order valence-electron chi connectivity index (χ3n) is 2.78. The molecule has 3 heteroatoms. The maximum atomic E-state index is 12.0. The number of phenols is 1. The zero-order valence-corrected chi connectivity index (χ0v) is 11.5. The minimum Gasteiger partial charge on any atom is -0.507 e. The Morgan fingerprint density at radius 1 is 1.19 bits per heavy atom. The van der Waals surface area contributed by atoms with Crippen LogP contribution in [0.1, 0.15) is 15.9 Å². The van der Waals surface area contributed by atoms with Gasteiger partial charge in [-0.2, -0.15) is 0 Å². The number of allylic oxidation sites excluding steroid dienone is 2. The number of rotatable bonds is 3. The number of benzene rings is 2. The van der Waals surface area contributed by atoms with Gasteiger partial charge in [0.2, 0.25) is 0 Å². The molecular weight excluding hydrogens is 264 g/mol. The Morgan fingerprint density at radius 2 is 1.95 bits per heavy atom. The van der Waals surface area contributed by atoms with Gasteiger partial charge in [-0.25, -0.2) is 0 Å². The quantitative estimate of drug-likeness (QED) is 0.533. The van der Waals surface area contributed by atoms with E-state index in [2.05, 4.69) is 11.8 Å². The van der Waals surface area contributed by atoms with E-state index in [-0.39, 0.29) is 17.1 Å². The van der Waals surface area contributed by atoms with Crippen LogP contribution in [0.3, 0.4) is 0 Å². The first-order chi connectivity index (χ1) is 10.2. The lowest BCUT2D eigenvalue weighted by molar-refractivity contribution is 0.104. The minimum atomic E-state index is -0.325. The van der Waals surface area contributed by atoms with Crippen LogP contribution in [0.25, 0.3) is 0 Å². The summed E-state index contributed by atoms with van der Waals surface area (Å²) in [5.74, 6) is 5.81. The second kappa shape index (κ2) is 6.97. The molecule has 0 amide bonds. The van der Waals surface area contributed by atoms with E-state index in [4.69, 9.17) is 4.74 Å². The van der Waals surface area contributed by atoms with Gasteiger partial charge in [0, 0.05) is 5.56 Å². The van der Waals surface area contributed by atoms with Crippen molar-refractivity contribution < 1.29 is 14.6 Å². The molecule has 0 saturated heterocycles. The largest absolute Gasteiger partial charge is 0.507 e. The van der Waals surface area contributed by atoms with E-state index in [1.165, 1.54) is 31.4 Å². The summed E-state index contributed by atoms with van der Waals surface area (Å²) in [7, 11) is 1.50. The first kappa shape index (κ1) is 14.4. The summed E-state index contributed by atoms with van der Waals surface area (Å²) in [6.45, 7) is 0. The van der Waals surface area contributed by atoms with Crippen LogP contribution in [0.4, 0.5) is 0 Å². The predicted octanol–water partition coefficient (Wildman–Crippen LogP) is 3.19. The van der Waals surface area contributed by atoms with Gasteiger partial charge in [0.25, 0.3) is 0 Å². The number of carbonyl (C=O) groups is 1. The summed E-state index contributed by atoms with van der Waals surface area (Å²) >= 11 is 0. The lowest BCUT2D eigenvalue weighted by atomic mass is 10.1. The van der Waals surface area contributed by atoms with Gasteiger partial charge < -0.3 is 9.84 Å². The number of methoxy groups -OCH3 is 1. The molecule has 2 aromatic carbocycles. The summed E-state index contributed by atoms with van der Waals surface area (Å²) in [6.07, 6.45) is 2.79. The fourth-order valence-corrected chi connectivity index (χ4v) is 1.69. The first-order valence-corrected chi connectivity index (χ1v) is 6.35. The summed E-state index contributed by atoms with van der Waals surface area (Å²) in [6, 6.07) is 14.0. The highest BCUT2D eigenvalue weighted by atomic mass is 16.5. The van der Waals surface area contributed by atoms with Crippen LogP contribution in [0.5, 0.6) is 11.5 Å². The third kappa shape index (κ3) is 3.99. The van der Waals surface area contributed by atoms with Crippen molar-refractivity contribution in [2.75, 3.05) is 7.11 Å². The Bertz CT molecular complexity index is 719. The number of phenolic OH excluding ortho intramolecular Hbond substituents is 1. The van der Waals surface area contributed by atoms with Crippen LogP contribution in [-0.2, 0) is 0 Å². The molecule has 21 heavy (non-hydrogen) atoms. The molecule has 0 aliphatic rings. The second-order valence-electron chi connectivity index (χ2n) is 4.22. The van der Waals surface area contributed by atoms with E-state index in [9.17, 15) is 9.90 Å². The molecular formula is C18H14O3. The van der Waals surface area contributed by atoms with Crippen LogP contribution in [0.15, 0.2) is 60.7 Å². The van der Waals surface area contributed by atoms with Crippen molar-refractivity contribution in [3.05, 3.63) is 71.8 Å². The average molecular weight is 278 g/mol. The molecule has 0 bridgehead atoms. The van der Waals surface area contributed by atoms with Gasteiger partial charge in [-0.05, 0) is 42.5 Å². The van der Waals surface area contributed by atoms with Gasteiger partial charge in [-0.3, -0.25) is 4.79 Å². The minimum absolute atomic E-state index is 0.0820. The smallest absolute Gasteiger partial charge is 0.190 e. The topological polar surface area (TPSA) is 46.5 Å². The molecule has 2 aromatic rings. The van der Waals surface area contributed by atoms with Gasteiger partial charge in [0.1, 0.15) is 11.5 Å². The molecule has 0 aliphatic carbocycles. The SMILES string of the molecule is COc1ccc(O)c(C(=O)/C=C/C#Cc2ccccc2)c1. The fraction of sp³-hybridized carbons (Fsp3) is 0.0556. The molecule has 1 N–H and O–H groups in total. The average Bonchev–Trinajstić information content (AvgIpc) is 2.53. The lowest BCUT2D eigenvalue weighted by Crippen LogP contribution is -1.96. The van der Waals surface area contributed by atoms with Crippen LogP contribution < -0.4 is 4.74 Å². The number of carbonyl (C=O) groups excluding carboxylic acids is 1. The van der Waals surface area contributed by atoms with Gasteiger partial charge in [0.15, 0.2) is 5.78 Å². The molecule has 0 aliphatic heterocycles. The molecule has 0 aromatic heterocycles. The normalized spacial score (nSPS) is 9.95.